The Kier molecular flexibility index (Phi) is 2.92. The van der Waals surface area contributed by atoms with Gasteiger partial charge < -0.3 is 10.2 Å². The number of carbonyl (C=O) groups is 2. The highest BCUT2D eigenvalue weighted by Crippen LogP contribution is 2.43. The maximum Gasteiger partial charge on any atom is 0.326 e. The van der Waals surface area contributed by atoms with Gasteiger partial charge in [0.1, 0.15) is 5.54 Å². The fraction of sp³-hybridized carbons (Fsp3) is 0.231. The summed E-state index contributed by atoms with van der Waals surface area (Å²) in [7, 11) is 0. The normalized spacial score (nSPS) is 25.4. The van der Waals surface area contributed by atoms with Crippen LogP contribution in [0.15, 0.2) is 30.8 Å². The van der Waals surface area contributed by atoms with Crippen LogP contribution in [-0.4, -0.2) is 27.7 Å². The van der Waals surface area contributed by atoms with Gasteiger partial charge in [0.25, 0.3) is 0 Å². The summed E-state index contributed by atoms with van der Waals surface area (Å²) in [5, 5.41) is 20.7. The monoisotopic (exact) mass is 247 g/mol. The number of benzene rings is 1. The van der Waals surface area contributed by atoms with E-state index in [1.54, 1.807) is 18.2 Å². The molecule has 3 N–H and O–H groups in total. The molecule has 1 heterocycles. The number of carboxylic acids is 2. The summed E-state index contributed by atoms with van der Waals surface area (Å²) in [6.45, 7) is 3.63. The molecule has 1 aliphatic heterocycles. The van der Waals surface area contributed by atoms with Crippen LogP contribution in [0.1, 0.15) is 23.6 Å². The number of aliphatic carboxylic acids is 2. The van der Waals surface area contributed by atoms with Crippen LogP contribution >= 0.6 is 0 Å². The first kappa shape index (κ1) is 12.3. The lowest BCUT2D eigenvalue weighted by atomic mass is 9.95. The van der Waals surface area contributed by atoms with Crippen molar-refractivity contribution >= 4 is 18.0 Å². The van der Waals surface area contributed by atoms with E-state index in [0.29, 0.717) is 0 Å². The average Bonchev–Trinajstić information content (AvgIpc) is 3.04. The van der Waals surface area contributed by atoms with Gasteiger partial charge in [0.15, 0.2) is 0 Å². The van der Waals surface area contributed by atoms with Gasteiger partial charge in [-0.05, 0) is 11.1 Å². The van der Waals surface area contributed by atoms with Crippen molar-refractivity contribution < 1.29 is 19.8 Å². The zero-order valence-electron chi connectivity index (χ0n) is 9.59. The van der Waals surface area contributed by atoms with Gasteiger partial charge in [-0.15, -0.1) is 0 Å². The summed E-state index contributed by atoms with van der Waals surface area (Å²) in [5.74, 6) is -2.27. The fourth-order valence-electron chi connectivity index (χ4n) is 2.06. The number of carboxylic acid groups (broad SMARTS) is 2. The molecule has 18 heavy (non-hydrogen) atoms. The summed E-state index contributed by atoms with van der Waals surface area (Å²) >= 11 is 0. The Bertz CT molecular complexity index is 508. The second-order valence-corrected chi connectivity index (χ2v) is 4.30. The van der Waals surface area contributed by atoms with Crippen LogP contribution in [0.25, 0.3) is 6.08 Å². The Labute approximate surface area is 104 Å². The second-order valence-electron chi connectivity index (χ2n) is 4.30. The van der Waals surface area contributed by atoms with Crippen molar-refractivity contribution in [3.8, 4) is 0 Å². The van der Waals surface area contributed by atoms with Crippen molar-refractivity contribution in [3.05, 3.63) is 42.0 Å². The minimum absolute atomic E-state index is 0.434. The molecule has 5 heteroatoms. The quantitative estimate of drug-likeness (QED) is 0.681. The molecule has 0 saturated carbocycles. The number of hydrogen-bond donors (Lipinski definition) is 3. The van der Waals surface area contributed by atoms with Crippen molar-refractivity contribution in [2.45, 2.75) is 18.0 Å². The van der Waals surface area contributed by atoms with Crippen molar-refractivity contribution in [1.82, 2.24) is 5.32 Å². The second kappa shape index (κ2) is 4.27. The van der Waals surface area contributed by atoms with Crippen LogP contribution in [-0.2, 0) is 9.59 Å². The minimum atomic E-state index is -1.37. The maximum absolute atomic E-state index is 11.2. The number of nitrogens with one attached hydrogen (secondary N) is 1. The molecule has 2 atom stereocenters. The smallest absolute Gasteiger partial charge is 0.326 e. The molecule has 2 rings (SSSR count). The molecule has 0 aromatic heterocycles. The SMILES string of the molecule is C=Cc1ccc(C2NC2(CC(=O)O)C(=O)O)cc1. The lowest BCUT2D eigenvalue weighted by Gasteiger charge is -2.07. The van der Waals surface area contributed by atoms with Gasteiger partial charge in [-0.25, -0.2) is 0 Å². The van der Waals surface area contributed by atoms with Gasteiger partial charge >= 0.3 is 11.9 Å². The molecule has 0 bridgehead atoms. The van der Waals surface area contributed by atoms with Gasteiger partial charge in [0, 0.05) is 0 Å². The molecule has 0 radical (unpaired) electrons. The Balaban J connectivity index is 2.22. The number of rotatable bonds is 5. The van der Waals surface area contributed by atoms with E-state index < -0.39 is 29.9 Å². The molecule has 94 valence electrons. The standard InChI is InChI=1S/C13H13NO4/c1-2-8-3-5-9(6-4-8)11-13(14-11,12(17)18)7-10(15)16/h2-6,11,14H,1,7H2,(H,15,16)(H,17,18). The Morgan fingerprint density at radius 3 is 2.39 bits per heavy atom. The molecular formula is C13H13NO4. The van der Waals surface area contributed by atoms with Crippen LogP contribution in [0, 0.1) is 0 Å². The van der Waals surface area contributed by atoms with Gasteiger partial charge in [0.2, 0.25) is 0 Å². The van der Waals surface area contributed by atoms with Gasteiger partial charge in [0.05, 0.1) is 12.5 Å². The maximum atomic E-state index is 11.2. The highest BCUT2D eigenvalue weighted by molar-refractivity contribution is 5.90. The van der Waals surface area contributed by atoms with E-state index in [9.17, 15) is 9.59 Å². The van der Waals surface area contributed by atoms with Crippen molar-refractivity contribution in [2.75, 3.05) is 0 Å². The number of hydrogen-bond acceptors (Lipinski definition) is 3. The van der Waals surface area contributed by atoms with Crippen molar-refractivity contribution in [1.29, 1.82) is 0 Å². The lowest BCUT2D eigenvalue weighted by molar-refractivity contribution is -0.146. The minimum Gasteiger partial charge on any atom is -0.481 e. The summed E-state index contributed by atoms with van der Waals surface area (Å²) in [5.41, 5.74) is 0.324. The molecule has 1 aromatic rings. The van der Waals surface area contributed by atoms with Crippen LogP contribution in [0.2, 0.25) is 0 Å². The van der Waals surface area contributed by atoms with Crippen LogP contribution < -0.4 is 5.32 Å². The zero-order chi connectivity index (χ0) is 13.3. The summed E-state index contributed by atoms with van der Waals surface area (Å²) in [4.78, 5) is 21.9. The molecular weight excluding hydrogens is 234 g/mol. The van der Waals surface area contributed by atoms with E-state index in [4.69, 9.17) is 10.2 Å². The zero-order valence-corrected chi connectivity index (χ0v) is 9.59. The van der Waals surface area contributed by atoms with E-state index >= 15 is 0 Å². The predicted octanol–water partition coefficient (Wildman–Crippen LogP) is 1.27. The lowest BCUT2D eigenvalue weighted by Crippen LogP contribution is -2.31. The average molecular weight is 247 g/mol. The first-order chi connectivity index (χ1) is 8.49. The highest BCUT2D eigenvalue weighted by Gasteiger charge is 2.61. The van der Waals surface area contributed by atoms with E-state index in [1.165, 1.54) is 0 Å². The first-order valence-electron chi connectivity index (χ1n) is 5.45. The topological polar surface area (TPSA) is 96.5 Å². The third-order valence-electron chi connectivity index (χ3n) is 3.13. The molecule has 0 aliphatic carbocycles. The Morgan fingerprint density at radius 1 is 1.33 bits per heavy atom. The molecule has 5 nitrogen and oxygen atoms in total. The van der Waals surface area contributed by atoms with Crippen molar-refractivity contribution in [3.63, 3.8) is 0 Å². The molecule has 1 fully saturated rings. The summed E-state index contributed by atoms with van der Waals surface area (Å²) in [6.07, 6.45) is 1.25. The third kappa shape index (κ3) is 2.00. The van der Waals surface area contributed by atoms with E-state index in [2.05, 4.69) is 11.9 Å². The molecule has 1 saturated heterocycles. The molecule has 0 amide bonds. The summed E-state index contributed by atoms with van der Waals surface area (Å²) in [6, 6.07) is 6.73. The Hall–Kier alpha value is -2.14. The van der Waals surface area contributed by atoms with Crippen LogP contribution in [0.5, 0.6) is 0 Å². The first-order valence-corrected chi connectivity index (χ1v) is 5.45. The van der Waals surface area contributed by atoms with Crippen LogP contribution in [0.3, 0.4) is 0 Å². The largest absolute Gasteiger partial charge is 0.481 e. The van der Waals surface area contributed by atoms with E-state index in [1.807, 2.05) is 12.1 Å². The van der Waals surface area contributed by atoms with E-state index in [-0.39, 0.29) is 0 Å². The Morgan fingerprint density at radius 2 is 1.94 bits per heavy atom. The van der Waals surface area contributed by atoms with Gasteiger partial charge in [-0.1, -0.05) is 36.9 Å². The molecule has 1 aromatic carbocycles. The van der Waals surface area contributed by atoms with Crippen molar-refractivity contribution in [2.24, 2.45) is 0 Å². The molecule has 2 unspecified atom stereocenters. The molecule has 0 spiro atoms. The third-order valence-corrected chi connectivity index (χ3v) is 3.13. The van der Waals surface area contributed by atoms with E-state index in [0.717, 1.165) is 11.1 Å². The summed E-state index contributed by atoms with van der Waals surface area (Å²) < 4.78 is 0. The highest BCUT2D eigenvalue weighted by atomic mass is 16.4. The van der Waals surface area contributed by atoms with Gasteiger partial charge in [-0.3, -0.25) is 14.9 Å². The van der Waals surface area contributed by atoms with Crippen LogP contribution in [0.4, 0.5) is 0 Å². The predicted molar refractivity (Wildman–Crippen MR) is 65.0 cm³/mol. The fourth-order valence-corrected chi connectivity index (χ4v) is 2.06. The molecule has 1 aliphatic rings. The van der Waals surface area contributed by atoms with Gasteiger partial charge in [-0.2, -0.15) is 0 Å².